The number of fused-ring (bicyclic) bond motifs is 3. The predicted octanol–water partition coefficient (Wildman–Crippen LogP) is 11.1. The van der Waals surface area contributed by atoms with E-state index >= 15 is 0 Å². The Bertz CT molecular complexity index is 2170. The smallest absolute Gasteiger partial charge is 0.124 e. The maximum Gasteiger partial charge on any atom is 0.124 e. The Balaban J connectivity index is 1.11. The van der Waals surface area contributed by atoms with E-state index in [1.807, 2.05) is 12.1 Å². The van der Waals surface area contributed by atoms with Crippen molar-refractivity contribution in [2.45, 2.75) is 12.8 Å². The molecule has 210 valence electrons. The van der Waals surface area contributed by atoms with E-state index in [9.17, 15) is 0 Å². The van der Waals surface area contributed by atoms with Gasteiger partial charge in [0.15, 0.2) is 0 Å². The molecule has 2 aromatic heterocycles. The summed E-state index contributed by atoms with van der Waals surface area (Å²) in [6, 6.07) is 43.2. The predicted molar refractivity (Wildman–Crippen MR) is 186 cm³/mol. The molecule has 4 nitrogen and oxygen atoms in total. The van der Waals surface area contributed by atoms with E-state index in [2.05, 4.69) is 131 Å². The molecule has 44 heavy (non-hydrogen) atoms. The molecule has 3 heterocycles. The molecule has 0 saturated carbocycles. The molecule has 7 aromatic rings. The van der Waals surface area contributed by atoms with Crippen LogP contribution in [0.2, 0.25) is 0 Å². The molecule has 1 aliphatic carbocycles. The highest BCUT2D eigenvalue weighted by atomic mass is 32.1. The number of benzene rings is 5. The number of hydrogen-bond donors (Lipinski definition) is 0. The summed E-state index contributed by atoms with van der Waals surface area (Å²) in [5.41, 5.74) is 11.6. The molecule has 0 saturated heterocycles. The highest BCUT2D eigenvalue weighted by Gasteiger charge is 2.32. The first-order valence-electron chi connectivity index (χ1n) is 14.8. The lowest BCUT2D eigenvalue weighted by Gasteiger charge is -2.42. The molecule has 0 atom stereocenters. The van der Waals surface area contributed by atoms with E-state index in [0.29, 0.717) is 0 Å². The van der Waals surface area contributed by atoms with Crippen LogP contribution in [-0.2, 0) is 0 Å². The molecule has 0 radical (unpaired) electrons. The summed E-state index contributed by atoms with van der Waals surface area (Å²) >= 11 is 3.49. The lowest BCUT2D eigenvalue weighted by atomic mass is 9.98. The fraction of sp³-hybridized carbons (Fsp3) is 0.0526. The molecule has 0 unspecified atom stereocenters. The third-order valence-corrected chi connectivity index (χ3v) is 10.5. The molecule has 0 fully saturated rings. The number of hydrogen-bond acceptors (Lipinski definition) is 6. The van der Waals surface area contributed by atoms with E-state index in [1.54, 1.807) is 22.7 Å². The van der Waals surface area contributed by atoms with Crippen molar-refractivity contribution in [1.82, 2.24) is 9.97 Å². The quantitative estimate of drug-likeness (QED) is 0.201. The minimum absolute atomic E-state index is 0.972. The van der Waals surface area contributed by atoms with Crippen molar-refractivity contribution in [2.24, 2.45) is 0 Å². The van der Waals surface area contributed by atoms with Crippen LogP contribution in [0.4, 0.5) is 22.7 Å². The molecule has 6 heteroatoms. The summed E-state index contributed by atoms with van der Waals surface area (Å²) in [6.45, 7) is 0. The third kappa shape index (κ3) is 4.18. The van der Waals surface area contributed by atoms with Gasteiger partial charge in [0.05, 0.1) is 37.5 Å². The Morgan fingerprint density at radius 3 is 1.59 bits per heavy atom. The summed E-state index contributed by atoms with van der Waals surface area (Å²) in [7, 11) is 0. The lowest BCUT2D eigenvalue weighted by molar-refractivity contribution is 0.868. The summed E-state index contributed by atoms with van der Waals surface area (Å²) in [5.74, 6) is 0. The molecule has 0 N–H and O–H groups in total. The van der Waals surface area contributed by atoms with Crippen LogP contribution in [-0.4, -0.2) is 9.97 Å². The van der Waals surface area contributed by atoms with Gasteiger partial charge < -0.3 is 9.80 Å². The van der Waals surface area contributed by atoms with Crippen molar-refractivity contribution >= 4 is 65.9 Å². The zero-order valence-electron chi connectivity index (χ0n) is 23.7. The molecule has 0 spiro atoms. The fourth-order valence-corrected chi connectivity index (χ4v) is 8.20. The molecule has 0 bridgehead atoms. The Hall–Kier alpha value is -5.04. The van der Waals surface area contributed by atoms with Crippen LogP contribution in [0.3, 0.4) is 0 Å². The molecule has 1 aliphatic heterocycles. The Morgan fingerprint density at radius 1 is 0.523 bits per heavy atom. The Labute approximate surface area is 263 Å². The van der Waals surface area contributed by atoms with Crippen molar-refractivity contribution in [2.75, 3.05) is 9.80 Å². The van der Waals surface area contributed by atoms with Crippen LogP contribution in [0.25, 0.3) is 41.6 Å². The number of anilines is 4. The molecule has 2 aliphatic rings. The van der Waals surface area contributed by atoms with Gasteiger partial charge in [0.25, 0.3) is 0 Å². The first-order chi connectivity index (χ1) is 21.8. The number of nitrogens with zero attached hydrogens (tertiary/aromatic N) is 4. The van der Waals surface area contributed by atoms with Gasteiger partial charge in [-0.2, -0.15) is 0 Å². The summed E-state index contributed by atoms with van der Waals surface area (Å²) in [6.07, 6.45) is 6.58. The van der Waals surface area contributed by atoms with Gasteiger partial charge >= 0.3 is 0 Å². The van der Waals surface area contributed by atoms with Gasteiger partial charge in [0.1, 0.15) is 10.0 Å². The molecular formula is C38H26N4S2. The van der Waals surface area contributed by atoms with Crippen molar-refractivity contribution in [1.29, 1.82) is 0 Å². The third-order valence-electron chi connectivity index (χ3n) is 8.33. The average molecular weight is 603 g/mol. The monoisotopic (exact) mass is 602 g/mol. The molecular weight excluding hydrogens is 577 g/mol. The maximum atomic E-state index is 4.88. The van der Waals surface area contributed by atoms with Gasteiger partial charge in [0.2, 0.25) is 0 Å². The first kappa shape index (κ1) is 25.5. The van der Waals surface area contributed by atoms with Gasteiger partial charge in [-0.05, 0) is 104 Å². The average Bonchev–Trinajstić information content (AvgIpc) is 3.72. The molecule has 9 rings (SSSR count). The molecule has 0 amide bonds. The highest BCUT2D eigenvalue weighted by molar-refractivity contribution is 7.22. The van der Waals surface area contributed by atoms with Crippen LogP contribution in [0.1, 0.15) is 12.8 Å². The largest absolute Gasteiger partial charge is 0.310 e. The van der Waals surface area contributed by atoms with Crippen molar-refractivity contribution in [3.8, 4) is 21.1 Å². The number of aromatic nitrogens is 2. The number of rotatable bonds is 4. The first-order valence-corrected chi connectivity index (χ1v) is 16.4. The lowest BCUT2D eigenvalue weighted by Crippen LogP contribution is -2.32. The van der Waals surface area contributed by atoms with Crippen LogP contribution < -0.4 is 9.80 Å². The second-order valence-electron chi connectivity index (χ2n) is 11.0. The summed E-state index contributed by atoms with van der Waals surface area (Å²) in [5, 5.41) is 2.10. The SMILES string of the molecule is C1=CC2=C(CC1)N(c1ccc(-c3nc4ccccc4s3)cc1)c1ccccc1N2c1ccc(-c2nc3ccccc3s2)cc1. The standard InChI is InChI=1S/C38H26N4S2/c1-7-15-35-29(9-1)39-37(43-35)25-17-21-27(22-18-25)41-31-11-3-5-13-33(31)42(34-14-6-4-12-32(34)41)28-23-19-26(20-24-28)38-40-30-10-2-8-16-36(30)44-38/h1-5,7-13,15-24H,6,14H2. The van der Waals surface area contributed by atoms with Crippen LogP contribution >= 0.6 is 22.7 Å². The van der Waals surface area contributed by atoms with Crippen molar-refractivity contribution in [3.63, 3.8) is 0 Å². The van der Waals surface area contributed by atoms with Gasteiger partial charge in [-0.1, -0.05) is 42.5 Å². The Kier molecular flexibility index (Phi) is 5.96. The topological polar surface area (TPSA) is 32.3 Å². The Morgan fingerprint density at radius 2 is 1.02 bits per heavy atom. The highest BCUT2D eigenvalue weighted by Crippen LogP contribution is 2.50. The second kappa shape index (κ2) is 10.3. The van der Waals surface area contributed by atoms with Crippen molar-refractivity contribution in [3.05, 3.63) is 145 Å². The van der Waals surface area contributed by atoms with Gasteiger partial charge in [0, 0.05) is 28.2 Å². The van der Waals surface area contributed by atoms with Crippen LogP contribution in [0.15, 0.2) is 145 Å². The van der Waals surface area contributed by atoms with E-state index in [1.165, 1.54) is 32.2 Å². The maximum absolute atomic E-state index is 4.88. The molecule has 5 aromatic carbocycles. The second-order valence-corrected chi connectivity index (χ2v) is 13.1. The van der Waals surface area contributed by atoms with Crippen LogP contribution in [0, 0.1) is 0 Å². The van der Waals surface area contributed by atoms with E-state index in [4.69, 9.17) is 9.97 Å². The fourth-order valence-electron chi connectivity index (χ4n) is 6.26. The van der Waals surface area contributed by atoms with Crippen molar-refractivity contribution < 1.29 is 0 Å². The number of para-hydroxylation sites is 4. The van der Waals surface area contributed by atoms with Gasteiger partial charge in [-0.25, -0.2) is 9.97 Å². The van der Waals surface area contributed by atoms with Gasteiger partial charge in [-0.15, -0.1) is 22.7 Å². The van der Waals surface area contributed by atoms with E-state index in [-0.39, 0.29) is 0 Å². The van der Waals surface area contributed by atoms with Crippen LogP contribution in [0.5, 0.6) is 0 Å². The number of thiazole rings is 2. The summed E-state index contributed by atoms with van der Waals surface area (Å²) < 4.78 is 2.43. The minimum atomic E-state index is 0.972. The van der Waals surface area contributed by atoms with Gasteiger partial charge in [-0.3, -0.25) is 0 Å². The zero-order chi connectivity index (χ0) is 29.0. The zero-order valence-corrected chi connectivity index (χ0v) is 25.4. The van der Waals surface area contributed by atoms with E-state index in [0.717, 1.165) is 56.4 Å². The minimum Gasteiger partial charge on any atom is -0.310 e. The normalized spacial score (nSPS) is 14.4. The summed E-state index contributed by atoms with van der Waals surface area (Å²) in [4.78, 5) is 14.6. The number of allylic oxidation sites excluding steroid dienone is 3. The van der Waals surface area contributed by atoms with E-state index < -0.39 is 0 Å².